The summed E-state index contributed by atoms with van der Waals surface area (Å²) in [6.07, 6.45) is 7.12. The largest absolute Gasteiger partial charge is 0.236 e. The van der Waals surface area contributed by atoms with E-state index >= 15 is 0 Å². The Morgan fingerprint density at radius 3 is 3.00 bits per heavy atom. The topological polar surface area (TPSA) is 29.4 Å². The third kappa shape index (κ3) is 1.88. The summed E-state index contributed by atoms with van der Waals surface area (Å²) in [4.78, 5) is 13.2. The summed E-state index contributed by atoms with van der Waals surface area (Å²) in [7, 11) is 0. The van der Waals surface area contributed by atoms with Crippen LogP contribution >= 0.6 is 11.8 Å². The van der Waals surface area contributed by atoms with E-state index in [1.54, 1.807) is 0 Å². The Morgan fingerprint density at radius 2 is 2.44 bits per heavy atom. The van der Waals surface area contributed by atoms with Crippen molar-refractivity contribution >= 4 is 17.8 Å². The third-order valence-electron chi connectivity index (χ3n) is 0.863. The van der Waals surface area contributed by atoms with Crippen LogP contribution in [-0.2, 0) is 4.79 Å². The highest BCUT2D eigenvalue weighted by Gasteiger charge is 2.00. The molecule has 0 radical (unpaired) electrons. The zero-order valence-electron chi connectivity index (χ0n) is 4.65. The Labute approximate surface area is 57.4 Å². The molecule has 1 aliphatic rings. The zero-order chi connectivity index (χ0) is 6.53. The van der Waals surface area contributed by atoms with E-state index in [0.29, 0.717) is 0 Å². The van der Waals surface area contributed by atoms with Gasteiger partial charge in [-0.2, -0.15) is 4.99 Å². The van der Waals surface area contributed by atoms with Gasteiger partial charge in [-0.3, -0.25) is 0 Å². The fourth-order valence-electron chi connectivity index (χ4n) is 0.501. The Morgan fingerprint density at radius 1 is 1.56 bits per heavy atom. The van der Waals surface area contributed by atoms with Gasteiger partial charge in [0.1, 0.15) is 5.37 Å². The van der Waals surface area contributed by atoms with Crippen molar-refractivity contribution in [3.8, 4) is 0 Å². The highest BCUT2D eigenvalue weighted by Crippen LogP contribution is 2.17. The summed E-state index contributed by atoms with van der Waals surface area (Å²) in [5.74, 6) is 0. The normalized spacial score (nSPS) is 23.3. The molecule has 0 fully saturated rings. The standard InChI is InChI=1S/C6H5NOS/c8-5-7-6-3-1-2-4-9-6/h1-4,6H. The fraction of sp³-hybridized carbons (Fsp3) is 0.167. The first-order valence-corrected chi connectivity index (χ1v) is 3.43. The highest BCUT2D eigenvalue weighted by molar-refractivity contribution is 8.02. The number of thioether (sulfide) groups is 1. The number of hydrogen-bond donors (Lipinski definition) is 0. The van der Waals surface area contributed by atoms with Crippen molar-refractivity contribution in [2.45, 2.75) is 5.37 Å². The van der Waals surface area contributed by atoms with Gasteiger partial charge in [0, 0.05) is 0 Å². The van der Waals surface area contributed by atoms with Gasteiger partial charge in [0.15, 0.2) is 0 Å². The van der Waals surface area contributed by atoms with E-state index < -0.39 is 0 Å². The van der Waals surface area contributed by atoms with Crippen LogP contribution in [0.4, 0.5) is 0 Å². The van der Waals surface area contributed by atoms with Gasteiger partial charge in [0.2, 0.25) is 6.08 Å². The van der Waals surface area contributed by atoms with Crippen LogP contribution in [0.25, 0.3) is 0 Å². The number of carbonyl (C=O) groups excluding carboxylic acids is 1. The molecule has 0 aromatic rings. The van der Waals surface area contributed by atoms with Gasteiger partial charge >= 0.3 is 0 Å². The molecule has 1 aliphatic heterocycles. The predicted molar refractivity (Wildman–Crippen MR) is 37.8 cm³/mol. The van der Waals surface area contributed by atoms with Gasteiger partial charge in [0.05, 0.1) is 0 Å². The van der Waals surface area contributed by atoms with Crippen LogP contribution in [0.1, 0.15) is 0 Å². The van der Waals surface area contributed by atoms with Crippen LogP contribution in [0.15, 0.2) is 28.6 Å². The van der Waals surface area contributed by atoms with Crippen molar-refractivity contribution in [3.05, 3.63) is 23.6 Å². The van der Waals surface area contributed by atoms with E-state index in [4.69, 9.17) is 0 Å². The lowest BCUT2D eigenvalue weighted by Gasteiger charge is -2.01. The SMILES string of the molecule is O=C=NC1C=CC=CS1. The zero-order valence-corrected chi connectivity index (χ0v) is 5.47. The third-order valence-corrected chi connectivity index (χ3v) is 1.72. The molecular formula is C6H5NOS. The van der Waals surface area contributed by atoms with Gasteiger partial charge in [-0.05, 0) is 11.5 Å². The van der Waals surface area contributed by atoms with Crippen molar-refractivity contribution in [3.63, 3.8) is 0 Å². The molecule has 0 aromatic heterocycles. The van der Waals surface area contributed by atoms with Crippen LogP contribution in [0.3, 0.4) is 0 Å². The van der Waals surface area contributed by atoms with Gasteiger partial charge in [-0.1, -0.05) is 12.2 Å². The van der Waals surface area contributed by atoms with Gasteiger partial charge < -0.3 is 0 Å². The fourth-order valence-corrected chi connectivity index (χ4v) is 1.13. The molecule has 2 nitrogen and oxygen atoms in total. The summed E-state index contributed by atoms with van der Waals surface area (Å²) in [5.41, 5.74) is 0. The summed E-state index contributed by atoms with van der Waals surface area (Å²) < 4.78 is 0. The van der Waals surface area contributed by atoms with Gasteiger partial charge in [-0.15, -0.1) is 11.8 Å². The Kier molecular flexibility index (Phi) is 2.31. The van der Waals surface area contributed by atoms with Crippen molar-refractivity contribution in [1.82, 2.24) is 0 Å². The molecule has 0 aromatic carbocycles. The Hall–Kier alpha value is -0.790. The van der Waals surface area contributed by atoms with Crippen molar-refractivity contribution < 1.29 is 4.79 Å². The maximum atomic E-state index is 9.71. The average molecular weight is 139 g/mol. The number of aliphatic imine (C=N–C) groups is 1. The maximum Gasteiger partial charge on any atom is 0.236 e. The van der Waals surface area contributed by atoms with Crippen LogP contribution in [-0.4, -0.2) is 11.5 Å². The maximum absolute atomic E-state index is 9.71. The van der Waals surface area contributed by atoms with E-state index in [2.05, 4.69) is 4.99 Å². The molecule has 0 spiro atoms. The van der Waals surface area contributed by atoms with Crippen molar-refractivity contribution in [2.24, 2.45) is 4.99 Å². The monoisotopic (exact) mass is 139 g/mol. The predicted octanol–water partition coefficient (Wildman–Crippen LogP) is 1.47. The first-order valence-electron chi connectivity index (χ1n) is 2.49. The molecular weight excluding hydrogens is 134 g/mol. The molecule has 0 saturated carbocycles. The van der Waals surface area contributed by atoms with Crippen LogP contribution in [0, 0.1) is 0 Å². The van der Waals surface area contributed by atoms with Gasteiger partial charge in [-0.25, -0.2) is 4.79 Å². The molecule has 1 heterocycles. The highest BCUT2D eigenvalue weighted by atomic mass is 32.2. The first kappa shape index (κ1) is 6.33. The lowest BCUT2D eigenvalue weighted by atomic mass is 10.5. The minimum absolute atomic E-state index is 0.0486. The van der Waals surface area contributed by atoms with E-state index in [-0.39, 0.29) is 5.37 Å². The molecule has 9 heavy (non-hydrogen) atoms. The summed E-state index contributed by atoms with van der Waals surface area (Å²) >= 11 is 1.49. The molecule has 1 atom stereocenters. The first-order chi connectivity index (χ1) is 4.43. The Balaban J connectivity index is 2.55. The molecule has 1 unspecified atom stereocenters. The Bertz CT molecular complexity index is 191. The van der Waals surface area contributed by atoms with E-state index in [9.17, 15) is 4.79 Å². The van der Waals surface area contributed by atoms with Crippen molar-refractivity contribution in [1.29, 1.82) is 0 Å². The van der Waals surface area contributed by atoms with Crippen molar-refractivity contribution in [2.75, 3.05) is 0 Å². The lowest BCUT2D eigenvalue weighted by Crippen LogP contribution is -1.91. The minimum atomic E-state index is -0.0486. The number of isocyanates is 1. The quantitative estimate of drug-likeness (QED) is 0.406. The lowest BCUT2D eigenvalue weighted by molar-refractivity contribution is 0.563. The molecule has 0 N–H and O–H groups in total. The smallest absolute Gasteiger partial charge is 0.211 e. The molecule has 3 heteroatoms. The van der Waals surface area contributed by atoms with Gasteiger partial charge in [0.25, 0.3) is 0 Å². The van der Waals surface area contributed by atoms with E-state index in [0.717, 1.165) is 0 Å². The second kappa shape index (κ2) is 3.28. The molecule has 1 rings (SSSR count). The second-order valence-corrected chi connectivity index (χ2v) is 2.49. The van der Waals surface area contributed by atoms with E-state index in [1.807, 2.05) is 23.6 Å². The average Bonchev–Trinajstić information content (AvgIpc) is 1.91. The number of nitrogens with zero attached hydrogens (tertiary/aromatic N) is 1. The number of rotatable bonds is 1. The van der Waals surface area contributed by atoms with Crippen LogP contribution in [0.5, 0.6) is 0 Å². The van der Waals surface area contributed by atoms with E-state index in [1.165, 1.54) is 17.8 Å². The second-order valence-electron chi connectivity index (χ2n) is 1.46. The molecule has 0 aliphatic carbocycles. The molecule has 0 saturated heterocycles. The molecule has 0 amide bonds. The summed E-state index contributed by atoms with van der Waals surface area (Å²) in [6.45, 7) is 0. The number of allylic oxidation sites excluding steroid dienone is 2. The molecule has 0 bridgehead atoms. The molecule has 46 valence electrons. The number of hydrogen-bond acceptors (Lipinski definition) is 3. The minimum Gasteiger partial charge on any atom is -0.211 e. The van der Waals surface area contributed by atoms with Crippen LogP contribution in [0.2, 0.25) is 0 Å². The summed E-state index contributed by atoms with van der Waals surface area (Å²) in [5, 5.41) is 1.85. The summed E-state index contributed by atoms with van der Waals surface area (Å²) in [6, 6.07) is 0. The van der Waals surface area contributed by atoms with Crippen LogP contribution < -0.4 is 0 Å².